The van der Waals surface area contributed by atoms with Crippen LogP contribution in [-0.2, 0) is 0 Å². The number of benzene rings is 1. The Balaban J connectivity index is 1.32. The summed E-state index contributed by atoms with van der Waals surface area (Å²) in [4.78, 5) is 35.2. The van der Waals surface area contributed by atoms with Gasteiger partial charge in [0.15, 0.2) is 5.82 Å². The van der Waals surface area contributed by atoms with Crippen molar-refractivity contribution < 1.29 is 4.79 Å². The van der Waals surface area contributed by atoms with Gasteiger partial charge in [0.25, 0.3) is 11.5 Å². The Bertz CT molecular complexity index is 1310. The molecule has 0 aliphatic carbocycles. The number of nitriles is 1. The fraction of sp³-hybridized carbons (Fsp3) is 0.407. The number of hydrogen-bond acceptors (Lipinski definition) is 5. The first-order chi connectivity index (χ1) is 17.0. The Kier molecular flexibility index (Phi) is 6.51. The number of rotatable bonds is 4. The minimum absolute atomic E-state index is 0.00140. The van der Waals surface area contributed by atoms with E-state index in [2.05, 4.69) is 21.1 Å². The average molecular weight is 471 g/mol. The number of carbonyl (C=O) groups excluding carboxylic acids is 1. The molecule has 2 aromatic heterocycles. The van der Waals surface area contributed by atoms with Crippen LogP contribution >= 0.6 is 0 Å². The zero-order valence-corrected chi connectivity index (χ0v) is 20.0. The molecule has 0 saturated carbocycles. The van der Waals surface area contributed by atoms with Crippen LogP contribution in [0.1, 0.15) is 53.6 Å². The van der Waals surface area contributed by atoms with E-state index in [1.165, 1.54) is 23.9 Å². The van der Waals surface area contributed by atoms with Gasteiger partial charge in [0.05, 0.1) is 22.8 Å². The van der Waals surface area contributed by atoms with Crippen molar-refractivity contribution in [3.8, 4) is 23.0 Å². The highest BCUT2D eigenvalue weighted by Gasteiger charge is 2.29. The van der Waals surface area contributed by atoms with E-state index in [0.29, 0.717) is 28.6 Å². The molecule has 0 spiro atoms. The number of aryl methyl sites for hydroxylation is 1. The van der Waals surface area contributed by atoms with Crippen LogP contribution in [0.3, 0.4) is 0 Å². The number of H-pyrrole nitrogens is 1. The van der Waals surface area contributed by atoms with Gasteiger partial charge in [0.2, 0.25) is 0 Å². The van der Waals surface area contributed by atoms with Crippen molar-refractivity contribution in [2.45, 2.75) is 45.1 Å². The molecule has 2 aliphatic heterocycles. The lowest BCUT2D eigenvalue weighted by molar-refractivity contribution is 0.0537. The summed E-state index contributed by atoms with van der Waals surface area (Å²) in [5.41, 5.74) is 2.99. The van der Waals surface area contributed by atoms with Crippen LogP contribution in [0.25, 0.3) is 16.9 Å². The van der Waals surface area contributed by atoms with E-state index in [-0.39, 0.29) is 11.5 Å². The fourth-order valence-corrected chi connectivity index (χ4v) is 5.32. The zero-order valence-electron chi connectivity index (χ0n) is 20.0. The molecule has 8 heteroatoms. The predicted octanol–water partition coefficient (Wildman–Crippen LogP) is 3.50. The summed E-state index contributed by atoms with van der Waals surface area (Å²) in [6.45, 7) is 5.69. The van der Waals surface area contributed by atoms with Crippen molar-refractivity contribution >= 4 is 5.91 Å². The van der Waals surface area contributed by atoms with Crippen molar-refractivity contribution in [1.82, 2.24) is 24.6 Å². The molecule has 3 aromatic rings. The quantitative estimate of drug-likeness (QED) is 0.629. The Morgan fingerprint density at radius 3 is 2.63 bits per heavy atom. The van der Waals surface area contributed by atoms with E-state index in [0.717, 1.165) is 50.1 Å². The van der Waals surface area contributed by atoms with Gasteiger partial charge < -0.3 is 4.90 Å². The van der Waals surface area contributed by atoms with Gasteiger partial charge in [-0.25, -0.2) is 9.67 Å². The minimum Gasteiger partial charge on any atom is -0.337 e. The number of hydrogen-bond donors (Lipinski definition) is 1. The third kappa shape index (κ3) is 4.64. The second-order valence-corrected chi connectivity index (χ2v) is 9.52. The second-order valence-electron chi connectivity index (χ2n) is 9.52. The molecule has 2 aliphatic rings. The van der Waals surface area contributed by atoms with E-state index in [4.69, 9.17) is 5.26 Å². The molecule has 2 fully saturated rings. The monoisotopic (exact) mass is 470 g/mol. The number of aromatic amines is 1. The number of nitrogens with one attached hydrogen (secondary N) is 1. The summed E-state index contributed by atoms with van der Waals surface area (Å²) in [5, 5.41) is 12.1. The van der Waals surface area contributed by atoms with Gasteiger partial charge in [-0.05, 0) is 81.1 Å². The first kappa shape index (κ1) is 23.1. The van der Waals surface area contributed by atoms with Crippen molar-refractivity contribution in [2.24, 2.45) is 0 Å². The van der Waals surface area contributed by atoms with E-state index in [9.17, 15) is 9.59 Å². The Morgan fingerprint density at radius 2 is 1.91 bits per heavy atom. The standard InChI is InChI=1S/C27H30N6O2/c1-19-14-20(15-28)7-9-23(19)24-17-30-33(27(24)35)25-10-8-21(16-29-25)26(34)32-13-5-6-22(18-32)31-11-3-2-4-12-31/h7-10,14,16-17,22,30H,2-6,11-13,18H2,1H3. The molecule has 1 aromatic carbocycles. The summed E-state index contributed by atoms with van der Waals surface area (Å²) in [7, 11) is 0. The zero-order chi connectivity index (χ0) is 24.4. The van der Waals surface area contributed by atoms with Gasteiger partial charge in [0, 0.05) is 31.5 Å². The highest BCUT2D eigenvalue weighted by Crippen LogP contribution is 2.23. The van der Waals surface area contributed by atoms with Crippen LogP contribution in [0, 0.1) is 18.3 Å². The lowest BCUT2D eigenvalue weighted by Crippen LogP contribution is -2.51. The van der Waals surface area contributed by atoms with Crippen molar-refractivity contribution in [3.05, 3.63) is 69.8 Å². The first-order valence-corrected chi connectivity index (χ1v) is 12.4. The van der Waals surface area contributed by atoms with Crippen molar-refractivity contribution in [2.75, 3.05) is 26.2 Å². The summed E-state index contributed by atoms with van der Waals surface area (Å²) >= 11 is 0. The molecular weight excluding hydrogens is 440 g/mol. The fourth-order valence-electron chi connectivity index (χ4n) is 5.32. The largest absolute Gasteiger partial charge is 0.337 e. The highest BCUT2D eigenvalue weighted by atomic mass is 16.2. The number of carbonyl (C=O) groups is 1. The van der Waals surface area contributed by atoms with Gasteiger partial charge >= 0.3 is 0 Å². The lowest BCUT2D eigenvalue weighted by atomic mass is 10.00. The molecule has 8 nitrogen and oxygen atoms in total. The summed E-state index contributed by atoms with van der Waals surface area (Å²) < 4.78 is 1.37. The number of piperidine rings is 2. The number of nitrogens with zero attached hydrogens (tertiary/aromatic N) is 5. The minimum atomic E-state index is -0.232. The van der Waals surface area contributed by atoms with Gasteiger partial charge in [0.1, 0.15) is 0 Å². The Labute approximate surface area is 204 Å². The van der Waals surface area contributed by atoms with Gasteiger partial charge in [-0.15, -0.1) is 0 Å². The van der Waals surface area contributed by atoms with Crippen molar-refractivity contribution in [1.29, 1.82) is 5.26 Å². The molecule has 180 valence electrons. The number of pyridine rings is 1. The predicted molar refractivity (Wildman–Crippen MR) is 133 cm³/mol. The van der Waals surface area contributed by atoms with Gasteiger partial charge in [-0.1, -0.05) is 12.5 Å². The molecule has 1 atom stereocenters. The third-order valence-electron chi connectivity index (χ3n) is 7.23. The number of aromatic nitrogens is 3. The number of likely N-dealkylation sites (tertiary alicyclic amines) is 2. The maximum atomic E-state index is 13.2. The van der Waals surface area contributed by atoms with Crippen molar-refractivity contribution in [3.63, 3.8) is 0 Å². The average Bonchev–Trinajstić information content (AvgIpc) is 3.29. The maximum absolute atomic E-state index is 13.2. The summed E-state index contributed by atoms with van der Waals surface area (Å²) in [6.07, 6.45) is 9.18. The van der Waals surface area contributed by atoms with Crippen LogP contribution in [-0.4, -0.2) is 62.7 Å². The van der Waals surface area contributed by atoms with Crippen LogP contribution in [0.4, 0.5) is 0 Å². The smallest absolute Gasteiger partial charge is 0.280 e. The van der Waals surface area contributed by atoms with E-state index in [1.54, 1.807) is 42.7 Å². The molecule has 1 amide bonds. The van der Waals surface area contributed by atoms with E-state index in [1.807, 2.05) is 11.8 Å². The lowest BCUT2D eigenvalue weighted by Gasteiger charge is -2.41. The molecule has 4 heterocycles. The maximum Gasteiger partial charge on any atom is 0.280 e. The third-order valence-corrected chi connectivity index (χ3v) is 7.23. The van der Waals surface area contributed by atoms with Gasteiger partial charge in [-0.3, -0.25) is 19.6 Å². The molecule has 1 N–H and O–H groups in total. The van der Waals surface area contributed by atoms with Gasteiger partial charge in [-0.2, -0.15) is 5.26 Å². The normalized spacial score (nSPS) is 18.9. The number of amides is 1. The molecule has 0 bridgehead atoms. The first-order valence-electron chi connectivity index (χ1n) is 12.4. The molecular formula is C27H30N6O2. The van der Waals surface area contributed by atoms with Crippen LogP contribution in [0.5, 0.6) is 0 Å². The second kappa shape index (κ2) is 9.88. The van der Waals surface area contributed by atoms with E-state index >= 15 is 0 Å². The molecule has 1 unspecified atom stereocenters. The van der Waals surface area contributed by atoms with Crippen LogP contribution in [0.2, 0.25) is 0 Å². The highest BCUT2D eigenvalue weighted by molar-refractivity contribution is 5.94. The summed E-state index contributed by atoms with van der Waals surface area (Å²) in [5.74, 6) is 0.424. The Morgan fingerprint density at radius 1 is 1.09 bits per heavy atom. The molecule has 5 rings (SSSR count). The molecule has 2 saturated heterocycles. The molecule has 0 radical (unpaired) electrons. The summed E-state index contributed by atoms with van der Waals surface area (Å²) in [6, 6.07) is 11.3. The molecule has 35 heavy (non-hydrogen) atoms. The Hall–Kier alpha value is -3.70. The SMILES string of the molecule is Cc1cc(C#N)ccc1-c1c[nH]n(-c2ccc(C(=O)N3CCCC(N4CCCCC4)C3)cn2)c1=O. The topological polar surface area (TPSA) is 98.0 Å². The van der Waals surface area contributed by atoms with Crippen LogP contribution < -0.4 is 5.56 Å². The van der Waals surface area contributed by atoms with E-state index < -0.39 is 0 Å². The van der Waals surface area contributed by atoms with Crippen LogP contribution in [0.15, 0.2) is 47.5 Å².